The third kappa shape index (κ3) is 5.09. The summed E-state index contributed by atoms with van der Waals surface area (Å²) in [4.78, 5) is 10.7. The van der Waals surface area contributed by atoms with E-state index in [1.165, 1.54) is 0 Å². The molecule has 0 aliphatic heterocycles. The van der Waals surface area contributed by atoms with Gasteiger partial charge in [0.15, 0.2) is 0 Å². The van der Waals surface area contributed by atoms with Crippen LogP contribution >= 0.6 is 22.6 Å². The molecule has 0 saturated heterocycles. The molecule has 3 heteroatoms. The van der Waals surface area contributed by atoms with Crippen molar-refractivity contribution in [2.45, 2.75) is 38.7 Å². The Morgan fingerprint density at radius 1 is 1.58 bits per heavy atom. The van der Waals surface area contributed by atoms with Crippen LogP contribution in [0.15, 0.2) is 0 Å². The number of rotatable bonds is 6. The van der Waals surface area contributed by atoms with Crippen LogP contribution in [0.5, 0.6) is 0 Å². The summed E-state index contributed by atoms with van der Waals surface area (Å²) in [6.45, 7) is 3.72. The highest BCUT2D eigenvalue weighted by Gasteiger charge is 2.21. The van der Waals surface area contributed by atoms with Gasteiger partial charge in [0.05, 0.1) is 5.60 Å². The minimum Gasteiger partial charge on any atom is -0.378 e. The summed E-state index contributed by atoms with van der Waals surface area (Å²) in [7, 11) is 1.73. The molecule has 72 valence electrons. The molecule has 0 aromatic rings. The SMILES string of the molecule is COC(C)(CI)CCCC(C)=O. The van der Waals surface area contributed by atoms with E-state index in [4.69, 9.17) is 4.74 Å². The molecule has 2 nitrogen and oxygen atoms in total. The van der Waals surface area contributed by atoms with E-state index >= 15 is 0 Å². The fourth-order valence-corrected chi connectivity index (χ4v) is 1.63. The predicted octanol–water partition coefficient (Wildman–Crippen LogP) is 2.59. The smallest absolute Gasteiger partial charge is 0.129 e. The molecule has 12 heavy (non-hydrogen) atoms. The number of hydrogen-bond donors (Lipinski definition) is 0. The lowest BCUT2D eigenvalue weighted by atomic mass is 10.0. The van der Waals surface area contributed by atoms with Crippen molar-refractivity contribution in [3.63, 3.8) is 0 Å². The van der Waals surface area contributed by atoms with Gasteiger partial charge in [-0.1, -0.05) is 22.6 Å². The standard InChI is InChI=1S/C9H17IO2/c1-8(11)5-4-6-9(2,7-10)12-3/h4-7H2,1-3H3. The molecule has 0 radical (unpaired) electrons. The lowest BCUT2D eigenvalue weighted by molar-refractivity contribution is -0.117. The van der Waals surface area contributed by atoms with Crippen molar-refractivity contribution in [3.05, 3.63) is 0 Å². The van der Waals surface area contributed by atoms with Crippen molar-refractivity contribution in [2.75, 3.05) is 11.5 Å². The van der Waals surface area contributed by atoms with Crippen molar-refractivity contribution in [1.82, 2.24) is 0 Å². The molecule has 0 heterocycles. The highest BCUT2D eigenvalue weighted by atomic mass is 127. The van der Waals surface area contributed by atoms with Crippen LogP contribution in [0.1, 0.15) is 33.1 Å². The monoisotopic (exact) mass is 284 g/mol. The minimum absolute atomic E-state index is 0.0456. The van der Waals surface area contributed by atoms with Crippen LogP contribution in [0.4, 0.5) is 0 Å². The quantitative estimate of drug-likeness (QED) is 0.553. The van der Waals surface area contributed by atoms with Crippen LogP contribution in [0.25, 0.3) is 0 Å². The first-order valence-corrected chi connectivity index (χ1v) is 5.67. The Bertz CT molecular complexity index is 141. The van der Waals surface area contributed by atoms with E-state index in [1.54, 1.807) is 14.0 Å². The zero-order valence-electron chi connectivity index (χ0n) is 8.02. The fourth-order valence-electron chi connectivity index (χ4n) is 0.935. The first kappa shape index (κ1) is 12.4. The van der Waals surface area contributed by atoms with Gasteiger partial charge >= 0.3 is 0 Å². The predicted molar refractivity (Wildman–Crippen MR) is 58.8 cm³/mol. The van der Waals surface area contributed by atoms with E-state index in [0.717, 1.165) is 17.3 Å². The van der Waals surface area contributed by atoms with Gasteiger partial charge in [-0.15, -0.1) is 0 Å². The molecule has 0 aliphatic carbocycles. The van der Waals surface area contributed by atoms with Gasteiger partial charge in [-0.25, -0.2) is 0 Å². The lowest BCUT2D eigenvalue weighted by Gasteiger charge is -2.25. The second-order valence-corrected chi connectivity index (χ2v) is 4.11. The van der Waals surface area contributed by atoms with Gasteiger partial charge < -0.3 is 9.53 Å². The summed E-state index contributed by atoms with van der Waals surface area (Å²) < 4.78 is 6.32. The van der Waals surface area contributed by atoms with Crippen LogP contribution in [0.2, 0.25) is 0 Å². The summed E-state index contributed by atoms with van der Waals surface area (Å²) in [6.07, 6.45) is 2.57. The molecular weight excluding hydrogens is 267 g/mol. The van der Waals surface area contributed by atoms with Gasteiger partial charge in [0.1, 0.15) is 5.78 Å². The highest BCUT2D eigenvalue weighted by Crippen LogP contribution is 2.20. The van der Waals surface area contributed by atoms with Gasteiger partial charge in [-0.3, -0.25) is 0 Å². The van der Waals surface area contributed by atoms with Crippen molar-refractivity contribution in [2.24, 2.45) is 0 Å². The molecule has 0 aromatic heterocycles. The largest absolute Gasteiger partial charge is 0.378 e. The Labute approximate surface area is 88.2 Å². The number of halogens is 1. The number of Topliss-reactive ketones (excluding diaryl/α,β-unsaturated/α-hetero) is 1. The summed E-state index contributed by atoms with van der Waals surface area (Å²) in [5.74, 6) is 0.266. The van der Waals surface area contributed by atoms with Gasteiger partial charge in [0.25, 0.3) is 0 Å². The van der Waals surface area contributed by atoms with Crippen molar-refractivity contribution >= 4 is 28.4 Å². The number of alkyl halides is 1. The zero-order valence-corrected chi connectivity index (χ0v) is 10.2. The van der Waals surface area contributed by atoms with Crippen molar-refractivity contribution in [1.29, 1.82) is 0 Å². The maximum absolute atomic E-state index is 10.7. The molecule has 0 fully saturated rings. The van der Waals surface area contributed by atoms with E-state index in [9.17, 15) is 4.79 Å². The molecule has 0 saturated carbocycles. The molecule has 0 N–H and O–H groups in total. The van der Waals surface area contributed by atoms with E-state index < -0.39 is 0 Å². The number of carbonyl (C=O) groups is 1. The number of ketones is 1. The average Bonchev–Trinajstić information content (AvgIpc) is 2.03. The molecule has 0 bridgehead atoms. The van der Waals surface area contributed by atoms with Crippen molar-refractivity contribution < 1.29 is 9.53 Å². The number of carbonyl (C=O) groups excluding carboxylic acids is 1. The van der Waals surface area contributed by atoms with E-state index in [0.29, 0.717) is 6.42 Å². The topological polar surface area (TPSA) is 26.3 Å². The molecule has 0 spiro atoms. The van der Waals surface area contributed by atoms with Gasteiger partial charge in [-0.05, 0) is 26.7 Å². The normalized spacial score (nSPS) is 15.7. The first-order valence-electron chi connectivity index (χ1n) is 4.14. The molecule has 1 unspecified atom stereocenters. The maximum Gasteiger partial charge on any atom is 0.129 e. The molecule has 1 atom stereocenters. The minimum atomic E-state index is -0.0456. The van der Waals surface area contributed by atoms with E-state index in [-0.39, 0.29) is 11.4 Å². The van der Waals surface area contributed by atoms with E-state index in [1.807, 2.05) is 0 Å². The molecule has 0 aromatic carbocycles. The maximum atomic E-state index is 10.7. The number of hydrogen-bond acceptors (Lipinski definition) is 2. The Morgan fingerprint density at radius 3 is 2.50 bits per heavy atom. The zero-order chi connectivity index (χ0) is 9.61. The van der Waals surface area contributed by atoms with Crippen LogP contribution in [-0.4, -0.2) is 22.9 Å². The fraction of sp³-hybridized carbons (Fsp3) is 0.889. The third-order valence-electron chi connectivity index (χ3n) is 2.01. The Balaban J connectivity index is 3.65. The second-order valence-electron chi connectivity index (χ2n) is 3.34. The summed E-state index contributed by atoms with van der Waals surface area (Å²) in [5.41, 5.74) is -0.0456. The molecule has 0 rings (SSSR count). The van der Waals surface area contributed by atoms with E-state index in [2.05, 4.69) is 29.5 Å². The number of ether oxygens (including phenoxy) is 1. The highest BCUT2D eigenvalue weighted by molar-refractivity contribution is 14.1. The Hall–Kier alpha value is 0.360. The Kier molecular flexibility index (Phi) is 6.09. The van der Waals surface area contributed by atoms with Gasteiger partial charge in [-0.2, -0.15) is 0 Å². The van der Waals surface area contributed by atoms with Crippen LogP contribution in [0, 0.1) is 0 Å². The molecule has 0 aliphatic rings. The van der Waals surface area contributed by atoms with Crippen molar-refractivity contribution in [3.8, 4) is 0 Å². The molecule has 0 amide bonds. The average molecular weight is 284 g/mol. The van der Waals surface area contributed by atoms with Crippen LogP contribution in [-0.2, 0) is 9.53 Å². The second kappa shape index (κ2) is 5.91. The first-order chi connectivity index (χ1) is 5.54. The van der Waals surface area contributed by atoms with Crippen LogP contribution < -0.4 is 0 Å². The van der Waals surface area contributed by atoms with Gasteiger partial charge in [0.2, 0.25) is 0 Å². The van der Waals surface area contributed by atoms with Crippen LogP contribution in [0.3, 0.4) is 0 Å². The number of methoxy groups -OCH3 is 1. The van der Waals surface area contributed by atoms with Gasteiger partial charge in [0, 0.05) is 18.0 Å². The third-order valence-corrected chi connectivity index (χ3v) is 3.62. The molecular formula is C9H17IO2. The lowest BCUT2D eigenvalue weighted by Crippen LogP contribution is -2.29. The summed E-state index contributed by atoms with van der Waals surface area (Å²) >= 11 is 2.31. The summed E-state index contributed by atoms with van der Waals surface area (Å²) in [6, 6.07) is 0. The summed E-state index contributed by atoms with van der Waals surface area (Å²) in [5, 5.41) is 0. The Morgan fingerprint density at radius 2 is 2.17 bits per heavy atom.